The average molecular weight is 480 g/mol. The predicted molar refractivity (Wildman–Crippen MR) is 109 cm³/mol. The first-order valence-electron chi connectivity index (χ1n) is 10.5. The van der Waals surface area contributed by atoms with Gasteiger partial charge in [-0.05, 0) is 37.5 Å². The lowest BCUT2D eigenvalue weighted by Gasteiger charge is -2.43. The largest absolute Gasteiger partial charge is 0.481 e. The molecule has 34 heavy (non-hydrogen) atoms. The van der Waals surface area contributed by atoms with Crippen LogP contribution < -0.4 is 10.6 Å². The number of amides is 4. The minimum absolute atomic E-state index is 0.0929. The molecule has 2 fully saturated rings. The maximum Gasteiger partial charge on any atom is 0.305 e. The molecule has 2 aliphatic heterocycles. The molecule has 3 rings (SSSR count). The topological polar surface area (TPSA) is 153 Å². The van der Waals surface area contributed by atoms with Crippen molar-refractivity contribution in [1.82, 2.24) is 20.7 Å². The number of aldehydes is 1. The molecule has 0 bridgehead atoms. The van der Waals surface area contributed by atoms with E-state index in [1.54, 1.807) is 0 Å². The Bertz CT molecular complexity index is 1030. The monoisotopic (exact) mass is 480 g/mol. The molecule has 0 aromatic heterocycles. The Balaban J connectivity index is 1.82. The molecular formula is C21H22F2N4O7. The minimum Gasteiger partial charge on any atom is -0.481 e. The van der Waals surface area contributed by atoms with Gasteiger partial charge in [-0.3, -0.25) is 29.0 Å². The van der Waals surface area contributed by atoms with Gasteiger partial charge < -0.3 is 20.5 Å². The SMILES string of the molecule is O=C[C@H](CC(=O)O)NC(=O)[C@@H]1CCCN2C(=O)CC[C@H](NC(=O)c3ccc(F)c(F)c3)C(=O)N12. The summed E-state index contributed by atoms with van der Waals surface area (Å²) in [5.41, 5.74) is -0.241. The quantitative estimate of drug-likeness (QED) is 0.455. The second kappa shape index (κ2) is 10.4. The number of nitrogens with one attached hydrogen (secondary N) is 2. The summed E-state index contributed by atoms with van der Waals surface area (Å²) in [5, 5.41) is 15.6. The maximum atomic E-state index is 13.5. The van der Waals surface area contributed by atoms with Gasteiger partial charge in [-0.2, -0.15) is 0 Å². The van der Waals surface area contributed by atoms with Crippen molar-refractivity contribution < 1.29 is 42.7 Å². The first-order valence-corrected chi connectivity index (χ1v) is 10.5. The number of rotatable bonds is 7. The highest BCUT2D eigenvalue weighted by molar-refractivity contribution is 6.00. The molecule has 0 spiro atoms. The van der Waals surface area contributed by atoms with E-state index in [1.807, 2.05) is 0 Å². The first-order chi connectivity index (χ1) is 16.1. The number of carbonyl (C=O) groups excluding carboxylic acids is 5. The summed E-state index contributed by atoms with van der Waals surface area (Å²) in [4.78, 5) is 73.3. The molecule has 182 valence electrons. The van der Waals surface area contributed by atoms with Gasteiger partial charge in [0.15, 0.2) is 11.6 Å². The van der Waals surface area contributed by atoms with Gasteiger partial charge in [0, 0.05) is 18.5 Å². The van der Waals surface area contributed by atoms with Crippen LogP contribution in [0.2, 0.25) is 0 Å². The molecule has 2 heterocycles. The van der Waals surface area contributed by atoms with Crippen molar-refractivity contribution in [1.29, 1.82) is 0 Å². The van der Waals surface area contributed by atoms with E-state index in [0.717, 1.165) is 22.2 Å². The van der Waals surface area contributed by atoms with Crippen LogP contribution in [-0.4, -0.2) is 75.7 Å². The van der Waals surface area contributed by atoms with Crippen LogP contribution in [0.15, 0.2) is 18.2 Å². The Kier molecular flexibility index (Phi) is 7.54. The summed E-state index contributed by atoms with van der Waals surface area (Å²) in [5.74, 6) is -6.66. The van der Waals surface area contributed by atoms with Gasteiger partial charge in [0.2, 0.25) is 11.8 Å². The third kappa shape index (κ3) is 5.35. The molecule has 0 unspecified atom stereocenters. The van der Waals surface area contributed by atoms with Crippen LogP contribution >= 0.6 is 0 Å². The van der Waals surface area contributed by atoms with E-state index in [-0.39, 0.29) is 37.7 Å². The number of carboxylic acids is 1. The second-order valence-electron chi connectivity index (χ2n) is 7.90. The van der Waals surface area contributed by atoms with E-state index in [0.29, 0.717) is 12.5 Å². The summed E-state index contributed by atoms with van der Waals surface area (Å²) in [6.45, 7) is 0.143. The number of halogens is 2. The minimum atomic E-state index is -1.33. The second-order valence-corrected chi connectivity index (χ2v) is 7.90. The van der Waals surface area contributed by atoms with E-state index in [2.05, 4.69) is 10.6 Å². The highest BCUT2D eigenvalue weighted by Crippen LogP contribution is 2.25. The van der Waals surface area contributed by atoms with Gasteiger partial charge in [-0.25, -0.2) is 13.8 Å². The number of fused-ring (bicyclic) bond motifs is 1. The molecule has 3 atom stereocenters. The summed E-state index contributed by atoms with van der Waals surface area (Å²) in [6.07, 6.45) is -0.133. The Morgan fingerprint density at radius 3 is 2.56 bits per heavy atom. The van der Waals surface area contributed by atoms with Crippen molar-refractivity contribution in [3.8, 4) is 0 Å². The van der Waals surface area contributed by atoms with Crippen LogP contribution in [0, 0.1) is 11.6 Å². The molecular weight excluding hydrogens is 458 g/mol. The molecule has 0 saturated carbocycles. The molecule has 2 aliphatic rings. The van der Waals surface area contributed by atoms with Crippen LogP contribution in [-0.2, 0) is 24.0 Å². The summed E-state index contributed by atoms with van der Waals surface area (Å²) in [6, 6.07) is -1.34. The van der Waals surface area contributed by atoms with Crippen LogP contribution in [0.25, 0.3) is 0 Å². The maximum absolute atomic E-state index is 13.5. The summed E-state index contributed by atoms with van der Waals surface area (Å²) < 4.78 is 26.7. The molecule has 0 aliphatic carbocycles. The van der Waals surface area contributed by atoms with E-state index in [9.17, 15) is 37.5 Å². The third-order valence-electron chi connectivity index (χ3n) is 5.54. The van der Waals surface area contributed by atoms with Gasteiger partial charge >= 0.3 is 5.97 Å². The van der Waals surface area contributed by atoms with Crippen molar-refractivity contribution in [2.24, 2.45) is 0 Å². The number of benzene rings is 1. The van der Waals surface area contributed by atoms with Gasteiger partial charge in [0.25, 0.3) is 11.8 Å². The van der Waals surface area contributed by atoms with Crippen LogP contribution in [0.1, 0.15) is 42.5 Å². The van der Waals surface area contributed by atoms with Crippen molar-refractivity contribution in [2.75, 3.05) is 6.54 Å². The number of carboxylic acid groups (broad SMARTS) is 1. The fourth-order valence-electron chi connectivity index (χ4n) is 3.89. The first kappa shape index (κ1) is 24.7. The molecule has 11 nitrogen and oxygen atoms in total. The Morgan fingerprint density at radius 2 is 1.91 bits per heavy atom. The number of nitrogens with zero attached hydrogens (tertiary/aromatic N) is 2. The lowest BCUT2D eigenvalue weighted by atomic mass is 10.0. The number of aliphatic carboxylic acids is 1. The standard InChI is InChI=1S/C21H22F2N4O7/c22-13-4-3-11(8-14(13)23)19(32)25-15-5-6-17(29)26-7-1-2-16(27(26)21(15)34)20(33)24-12(10-28)9-18(30)31/h3-4,8,10,12,15-16H,1-2,5-7,9H2,(H,24,33)(H,25,32)(H,30,31)/t12-,15-,16-/m0/s1. The highest BCUT2D eigenvalue weighted by atomic mass is 19.2. The number of hydrogen-bond acceptors (Lipinski definition) is 6. The lowest BCUT2D eigenvalue weighted by molar-refractivity contribution is -0.176. The molecule has 13 heteroatoms. The van der Waals surface area contributed by atoms with Crippen LogP contribution in [0.3, 0.4) is 0 Å². The summed E-state index contributed by atoms with van der Waals surface area (Å²) >= 11 is 0. The summed E-state index contributed by atoms with van der Waals surface area (Å²) in [7, 11) is 0. The molecule has 4 amide bonds. The Morgan fingerprint density at radius 1 is 1.18 bits per heavy atom. The molecule has 0 radical (unpaired) electrons. The number of hydrazine groups is 1. The van der Waals surface area contributed by atoms with E-state index in [1.165, 1.54) is 0 Å². The van der Waals surface area contributed by atoms with Crippen molar-refractivity contribution in [3.63, 3.8) is 0 Å². The van der Waals surface area contributed by atoms with Crippen molar-refractivity contribution in [2.45, 2.75) is 50.2 Å². The lowest BCUT2D eigenvalue weighted by Crippen LogP contribution is -2.64. The molecule has 1 aromatic carbocycles. The molecule has 3 N–H and O–H groups in total. The van der Waals surface area contributed by atoms with E-state index in [4.69, 9.17) is 5.11 Å². The van der Waals surface area contributed by atoms with E-state index >= 15 is 0 Å². The zero-order chi connectivity index (χ0) is 25.0. The zero-order valence-corrected chi connectivity index (χ0v) is 17.8. The number of hydrogen-bond donors (Lipinski definition) is 3. The van der Waals surface area contributed by atoms with Crippen molar-refractivity contribution >= 4 is 35.9 Å². The fourth-order valence-corrected chi connectivity index (χ4v) is 3.89. The zero-order valence-electron chi connectivity index (χ0n) is 17.8. The number of carbonyl (C=O) groups is 6. The highest BCUT2D eigenvalue weighted by Gasteiger charge is 2.45. The van der Waals surface area contributed by atoms with Crippen LogP contribution in [0.4, 0.5) is 8.78 Å². The third-order valence-corrected chi connectivity index (χ3v) is 5.54. The van der Waals surface area contributed by atoms with Crippen LogP contribution in [0.5, 0.6) is 0 Å². The van der Waals surface area contributed by atoms with Gasteiger partial charge in [-0.1, -0.05) is 0 Å². The normalized spacial score (nSPS) is 21.2. The Hall–Kier alpha value is -3.90. The molecule has 2 saturated heterocycles. The average Bonchev–Trinajstić information content (AvgIpc) is 2.92. The van der Waals surface area contributed by atoms with Gasteiger partial charge in [-0.15, -0.1) is 0 Å². The van der Waals surface area contributed by atoms with Gasteiger partial charge in [0.1, 0.15) is 18.4 Å². The van der Waals surface area contributed by atoms with Crippen molar-refractivity contribution in [3.05, 3.63) is 35.4 Å². The Labute approximate surface area is 192 Å². The van der Waals surface area contributed by atoms with E-state index < -0.39 is 65.8 Å². The van der Waals surface area contributed by atoms with Gasteiger partial charge in [0.05, 0.1) is 12.5 Å². The predicted octanol–water partition coefficient (Wildman–Crippen LogP) is -0.250. The molecule has 1 aromatic rings. The smallest absolute Gasteiger partial charge is 0.305 e. The fraction of sp³-hybridized carbons (Fsp3) is 0.429.